The minimum absolute atomic E-state index is 0.000855. The van der Waals surface area contributed by atoms with Crippen LogP contribution in [0, 0.1) is 5.92 Å². The number of rotatable bonds is 8. The van der Waals surface area contributed by atoms with Crippen LogP contribution in [0.4, 0.5) is 0 Å². The van der Waals surface area contributed by atoms with Gasteiger partial charge in [-0.3, -0.25) is 0 Å². The van der Waals surface area contributed by atoms with Gasteiger partial charge in [-0.05, 0) is 12.3 Å². The highest BCUT2D eigenvalue weighted by atomic mass is 16.5. The third-order valence-corrected chi connectivity index (χ3v) is 2.74. The summed E-state index contributed by atoms with van der Waals surface area (Å²) in [7, 11) is 1.31. The minimum Gasteiger partial charge on any atom is -0.467 e. The second kappa shape index (κ2) is 8.72. The first kappa shape index (κ1) is 14.4. The number of esters is 1. The highest BCUT2D eigenvalue weighted by Gasteiger charge is 2.22. The summed E-state index contributed by atoms with van der Waals surface area (Å²) in [5, 5.41) is 9.51. The summed E-state index contributed by atoms with van der Waals surface area (Å²) >= 11 is 0. The Balaban J connectivity index is 3.55. The predicted molar refractivity (Wildman–Crippen MR) is 60.6 cm³/mol. The van der Waals surface area contributed by atoms with E-state index < -0.39 is 12.1 Å². The van der Waals surface area contributed by atoms with Gasteiger partial charge in [-0.2, -0.15) is 0 Å². The minimum atomic E-state index is -0.957. The van der Waals surface area contributed by atoms with Gasteiger partial charge in [-0.15, -0.1) is 0 Å². The molecule has 0 spiro atoms. The number of carbonyl (C=O) groups excluding carboxylic acids is 1. The van der Waals surface area contributed by atoms with Crippen molar-refractivity contribution >= 4 is 5.97 Å². The van der Waals surface area contributed by atoms with E-state index in [-0.39, 0.29) is 5.92 Å². The van der Waals surface area contributed by atoms with Gasteiger partial charge in [-0.25, -0.2) is 4.79 Å². The fourth-order valence-corrected chi connectivity index (χ4v) is 1.58. The molecule has 0 rings (SSSR count). The lowest BCUT2D eigenvalue weighted by Crippen LogP contribution is -2.28. The maximum absolute atomic E-state index is 11.0. The molecule has 0 aromatic heterocycles. The molecule has 2 unspecified atom stereocenters. The molecule has 0 radical (unpaired) electrons. The summed E-state index contributed by atoms with van der Waals surface area (Å²) < 4.78 is 4.49. The SMILES string of the molecule is CCCCCCCC(C)C(O)C(=O)OC. The lowest BCUT2D eigenvalue weighted by molar-refractivity contribution is -0.153. The second-order valence-corrected chi connectivity index (χ2v) is 4.15. The first-order chi connectivity index (χ1) is 7.13. The molecule has 0 aromatic carbocycles. The van der Waals surface area contributed by atoms with Gasteiger partial charge in [0.1, 0.15) is 0 Å². The van der Waals surface area contributed by atoms with Crippen LogP contribution in [0.25, 0.3) is 0 Å². The van der Waals surface area contributed by atoms with E-state index in [1.807, 2.05) is 6.92 Å². The van der Waals surface area contributed by atoms with Crippen molar-refractivity contribution in [2.24, 2.45) is 5.92 Å². The molecule has 0 fully saturated rings. The fourth-order valence-electron chi connectivity index (χ4n) is 1.58. The van der Waals surface area contributed by atoms with E-state index >= 15 is 0 Å². The number of methoxy groups -OCH3 is 1. The van der Waals surface area contributed by atoms with Crippen molar-refractivity contribution in [1.82, 2.24) is 0 Å². The third-order valence-electron chi connectivity index (χ3n) is 2.74. The van der Waals surface area contributed by atoms with Crippen molar-refractivity contribution in [1.29, 1.82) is 0 Å². The van der Waals surface area contributed by atoms with E-state index in [0.29, 0.717) is 0 Å². The number of hydrogen-bond donors (Lipinski definition) is 1. The van der Waals surface area contributed by atoms with Crippen molar-refractivity contribution in [2.75, 3.05) is 7.11 Å². The summed E-state index contributed by atoms with van der Waals surface area (Å²) in [5.74, 6) is -0.518. The van der Waals surface area contributed by atoms with Crippen LogP contribution in [0.5, 0.6) is 0 Å². The van der Waals surface area contributed by atoms with E-state index in [1.54, 1.807) is 0 Å². The molecular formula is C12H24O3. The van der Waals surface area contributed by atoms with E-state index in [4.69, 9.17) is 0 Å². The van der Waals surface area contributed by atoms with Crippen molar-refractivity contribution < 1.29 is 14.6 Å². The molecule has 3 heteroatoms. The van der Waals surface area contributed by atoms with E-state index in [1.165, 1.54) is 32.8 Å². The van der Waals surface area contributed by atoms with E-state index in [0.717, 1.165) is 12.8 Å². The predicted octanol–water partition coefficient (Wildman–Crippen LogP) is 2.52. The first-order valence-corrected chi connectivity index (χ1v) is 5.89. The number of hydrogen-bond acceptors (Lipinski definition) is 3. The summed E-state index contributed by atoms with van der Waals surface area (Å²) in [6.07, 6.45) is 5.95. The van der Waals surface area contributed by atoms with Gasteiger partial charge in [0.25, 0.3) is 0 Å². The number of aliphatic hydroxyl groups is 1. The van der Waals surface area contributed by atoms with Crippen LogP contribution < -0.4 is 0 Å². The molecule has 3 nitrogen and oxygen atoms in total. The Hall–Kier alpha value is -0.570. The average molecular weight is 216 g/mol. The summed E-state index contributed by atoms with van der Waals surface area (Å²) in [6.45, 7) is 4.07. The molecule has 0 aliphatic carbocycles. The monoisotopic (exact) mass is 216 g/mol. The number of unbranched alkanes of at least 4 members (excludes halogenated alkanes) is 4. The smallest absolute Gasteiger partial charge is 0.334 e. The van der Waals surface area contributed by atoms with Gasteiger partial charge in [0.15, 0.2) is 6.10 Å². The Morgan fingerprint density at radius 2 is 1.87 bits per heavy atom. The molecule has 0 saturated carbocycles. The van der Waals surface area contributed by atoms with Crippen LogP contribution in [-0.4, -0.2) is 24.3 Å². The molecular weight excluding hydrogens is 192 g/mol. The second-order valence-electron chi connectivity index (χ2n) is 4.15. The van der Waals surface area contributed by atoms with Gasteiger partial charge in [0.05, 0.1) is 7.11 Å². The highest BCUT2D eigenvalue weighted by Crippen LogP contribution is 2.15. The Morgan fingerprint density at radius 1 is 1.27 bits per heavy atom. The Labute approximate surface area is 92.8 Å². The lowest BCUT2D eigenvalue weighted by atomic mass is 9.97. The standard InChI is InChI=1S/C12H24O3/c1-4-5-6-7-8-9-10(2)11(13)12(14)15-3/h10-11,13H,4-9H2,1-3H3. The van der Waals surface area contributed by atoms with Crippen molar-refractivity contribution in [3.63, 3.8) is 0 Å². The molecule has 0 bridgehead atoms. The zero-order valence-corrected chi connectivity index (χ0v) is 10.2. The van der Waals surface area contributed by atoms with Crippen molar-refractivity contribution in [2.45, 2.75) is 58.5 Å². The summed E-state index contributed by atoms with van der Waals surface area (Å²) in [6, 6.07) is 0. The maximum Gasteiger partial charge on any atom is 0.334 e. The zero-order valence-electron chi connectivity index (χ0n) is 10.2. The molecule has 0 saturated heterocycles. The summed E-state index contributed by atoms with van der Waals surface area (Å²) in [5.41, 5.74) is 0. The van der Waals surface area contributed by atoms with Crippen LogP contribution in [0.2, 0.25) is 0 Å². The molecule has 0 aliphatic rings. The van der Waals surface area contributed by atoms with Gasteiger partial charge in [-0.1, -0.05) is 46.0 Å². The molecule has 15 heavy (non-hydrogen) atoms. The molecule has 0 aliphatic heterocycles. The van der Waals surface area contributed by atoms with Crippen molar-refractivity contribution in [3.8, 4) is 0 Å². The topological polar surface area (TPSA) is 46.5 Å². The molecule has 0 aromatic rings. The number of ether oxygens (including phenoxy) is 1. The van der Waals surface area contributed by atoms with E-state index in [9.17, 15) is 9.90 Å². The lowest BCUT2D eigenvalue weighted by Gasteiger charge is -2.16. The van der Waals surface area contributed by atoms with Gasteiger partial charge >= 0.3 is 5.97 Å². The number of carbonyl (C=O) groups is 1. The van der Waals surface area contributed by atoms with Gasteiger partial charge in [0, 0.05) is 0 Å². The molecule has 2 atom stereocenters. The Kier molecular flexibility index (Phi) is 8.38. The average Bonchev–Trinajstić information content (AvgIpc) is 2.26. The Bertz CT molecular complexity index is 168. The zero-order chi connectivity index (χ0) is 11.7. The van der Waals surface area contributed by atoms with Crippen LogP contribution in [0.15, 0.2) is 0 Å². The third kappa shape index (κ3) is 6.50. The first-order valence-electron chi connectivity index (χ1n) is 5.89. The Morgan fingerprint density at radius 3 is 2.40 bits per heavy atom. The van der Waals surface area contributed by atoms with Gasteiger partial charge in [0.2, 0.25) is 0 Å². The molecule has 90 valence electrons. The molecule has 0 heterocycles. The summed E-state index contributed by atoms with van der Waals surface area (Å²) in [4.78, 5) is 11.0. The van der Waals surface area contributed by atoms with Crippen LogP contribution in [-0.2, 0) is 9.53 Å². The van der Waals surface area contributed by atoms with Crippen LogP contribution in [0.3, 0.4) is 0 Å². The fraction of sp³-hybridized carbons (Fsp3) is 0.917. The normalized spacial score (nSPS) is 14.7. The number of aliphatic hydroxyl groups excluding tert-OH is 1. The van der Waals surface area contributed by atoms with Crippen LogP contribution in [0.1, 0.15) is 52.4 Å². The molecule has 0 amide bonds. The van der Waals surface area contributed by atoms with E-state index in [2.05, 4.69) is 11.7 Å². The van der Waals surface area contributed by atoms with Gasteiger partial charge < -0.3 is 9.84 Å². The van der Waals surface area contributed by atoms with Crippen molar-refractivity contribution in [3.05, 3.63) is 0 Å². The molecule has 1 N–H and O–H groups in total. The van der Waals surface area contributed by atoms with Crippen LogP contribution >= 0.6 is 0 Å². The maximum atomic E-state index is 11.0. The largest absolute Gasteiger partial charge is 0.467 e. The quantitative estimate of drug-likeness (QED) is 0.501. The highest BCUT2D eigenvalue weighted by molar-refractivity contribution is 5.74.